The average Bonchev–Trinajstić information content (AvgIpc) is 2.36. The second kappa shape index (κ2) is 5.72. The molecule has 2 rings (SSSR count). The molecule has 2 aromatic rings. The number of nitrogens with zero attached hydrogens (tertiary/aromatic N) is 1. The number of carbonyl (C=O) groups is 1. The SMILES string of the molecule is Cc1cc(NC(CC(=O)O)C(C)(C)C)c2ccccc2n1. The van der Waals surface area contributed by atoms with Crippen LogP contribution in [0, 0.1) is 12.3 Å². The first-order valence-electron chi connectivity index (χ1n) is 7.12. The lowest BCUT2D eigenvalue weighted by atomic mass is 9.84. The van der Waals surface area contributed by atoms with E-state index in [1.165, 1.54) is 0 Å². The van der Waals surface area contributed by atoms with Gasteiger partial charge < -0.3 is 10.4 Å². The Bertz CT molecular complexity index is 659. The molecule has 4 nitrogen and oxygen atoms in total. The average molecular weight is 286 g/mol. The summed E-state index contributed by atoms with van der Waals surface area (Å²) in [6.45, 7) is 8.08. The molecule has 0 spiro atoms. The maximum absolute atomic E-state index is 11.1. The third kappa shape index (κ3) is 3.72. The van der Waals surface area contributed by atoms with Crippen LogP contribution in [0.1, 0.15) is 32.9 Å². The van der Waals surface area contributed by atoms with Gasteiger partial charge in [-0.25, -0.2) is 0 Å². The van der Waals surface area contributed by atoms with Crippen molar-refractivity contribution in [2.45, 2.75) is 40.2 Å². The highest BCUT2D eigenvalue weighted by Gasteiger charge is 2.27. The molecule has 4 heteroatoms. The van der Waals surface area contributed by atoms with E-state index < -0.39 is 5.97 Å². The molecule has 21 heavy (non-hydrogen) atoms. The third-order valence-corrected chi connectivity index (χ3v) is 3.60. The molecule has 1 unspecified atom stereocenters. The fourth-order valence-electron chi connectivity index (χ4n) is 2.36. The summed E-state index contributed by atoms with van der Waals surface area (Å²) in [5.41, 5.74) is 2.62. The first-order valence-corrected chi connectivity index (χ1v) is 7.12. The number of rotatable bonds is 4. The number of benzene rings is 1. The van der Waals surface area contributed by atoms with E-state index in [0.717, 1.165) is 22.3 Å². The topological polar surface area (TPSA) is 62.2 Å². The zero-order valence-electron chi connectivity index (χ0n) is 13.0. The lowest BCUT2D eigenvalue weighted by molar-refractivity contribution is -0.137. The molecule has 0 aliphatic rings. The molecule has 0 radical (unpaired) electrons. The molecule has 0 saturated carbocycles. The van der Waals surface area contributed by atoms with Crippen LogP contribution < -0.4 is 5.32 Å². The van der Waals surface area contributed by atoms with Crippen LogP contribution in [0.5, 0.6) is 0 Å². The number of aryl methyl sites for hydroxylation is 1. The van der Waals surface area contributed by atoms with Gasteiger partial charge >= 0.3 is 5.97 Å². The zero-order chi connectivity index (χ0) is 15.6. The molecule has 0 aliphatic heterocycles. The Morgan fingerprint density at radius 3 is 2.62 bits per heavy atom. The molecule has 112 valence electrons. The summed E-state index contributed by atoms with van der Waals surface area (Å²) in [4.78, 5) is 15.6. The monoisotopic (exact) mass is 286 g/mol. The Morgan fingerprint density at radius 2 is 2.00 bits per heavy atom. The van der Waals surface area contributed by atoms with Crippen LogP contribution in [0.4, 0.5) is 5.69 Å². The second-order valence-corrected chi connectivity index (χ2v) is 6.49. The lowest BCUT2D eigenvalue weighted by Gasteiger charge is -2.31. The van der Waals surface area contributed by atoms with Crippen molar-refractivity contribution >= 4 is 22.6 Å². The van der Waals surface area contributed by atoms with E-state index >= 15 is 0 Å². The number of aromatic nitrogens is 1. The van der Waals surface area contributed by atoms with Crippen LogP contribution in [0.15, 0.2) is 30.3 Å². The summed E-state index contributed by atoms with van der Waals surface area (Å²) in [6, 6.07) is 9.72. The first kappa shape index (κ1) is 15.3. The van der Waals surface area contributed by atoms with E-state index in [2.05, 4.69) is 10.3 Å². The van der Waals surface area contributed by atoms with Crippen molar-refractivity contribution in [3.63, 3.8) is 0 Å². The minimum absolute atomic E-state index is 0.0825. The first-order chi connectivity index (χ1) is 9.77. The molecule has 2 N–H and O–H groups in total. The summed E-state index contributed by atoms with van der Waals surface area (Å²) in [5.74, 6) is -0.794. The number of carboxylic acid groups (broad SMARTS) is 1. The predicted molar refractivity (Wildman–Crippen MR) is 85.6 cm³/mol. The van der Waals surface area contributed by atoms with Crippen LogP contribution in [-0.2, 0) is 4.79 Å². The van der Waals surface area contributed by atoms with E-state index in [1.807, 2.05) is 58.0 Å². The number of pyridine rings is 1. The second-order valence-electron chi connectivity index (χ2n) is 6.49. The highest BCUT2D eigenvalue weighted by Crippen LogP contribution is 2.29. The maximum atomic E-state index is 11.1. The van der Waals surface area contributed by atoms with Crippen molar-refractivity contribution in [3.05, 3.63) is 36.0 Å². The minimum atomic E-state index is -0.794. The van der Waals surface area contributed by atoms with Gasteiger partial charge in [-0.05, 0) is 24.5 Å². The molecule has 1 aromatic heterocycles. The number of aliphatic carboxylic acids is 1. The molecule has 1 aromatic carbocycles. The third-order valence-electron chi connectivity index (χ3n) is 3.60. The highest BCUT2D eigenvalue weighted by atomic mass is 16.4. The lowest BCUT2D eigenvalue weighted by Crippen LogP contribution is -2.36. The summed E-state index contributed by atoms with van der Waals surface area (Å²) < 4.78 is 0. The maximum Gasteiger partial charge on any atom is 0.305 e. The van der Waals surface area contributed by atoms with E-state index in [-0.39, 0.29) is 17.9 Å². The fraction of sp³-hybridized carbons (Fsp3) is 0.412. The Balaban J connectivity index is 2.43. The summed E-state index contributed by atoms with van der Waals surface area (Å²) in [5, 5.41) is 13.6. The van der Waals surface area contributed by atoms with Gasteiger partial charge in [0, 0.05) is 22.8 Å². The van der Waals surface area contributed by atoms with Crippen molar-refractivity contribution in [1.29, 1.82) is 0 Å². The smallest absolute Gasteiger partial charge is 0.305 e. The largest absolute Gasteiger partial charge is 0.481 e. The number of anilines is 1. The van der Waals surface area contributed by atoms with Crippen molar-refractivity contribution in [3.8, 4) is 0 Å². The van der Waals surface area contributed by atoms with Gasteiger partial charge in [-0.15, -0.1) is 0 Å². The molecule has 0 amide bonds. The standard InChI is InChI=1S/C17H22N2O2/c1-11-9-14(12-7-5-6-8-13(12)18-11)19-15(10-16(20)21)17(2,3)4/h5-9,15H,10H2,1-4H3,(H,18,19)(H,20,21). The number of fused-ring (bicyclic) bond motifs is 1. The van der Waals surface area contributed by atoms with Crippen LogP contribution in [0.3, 0.4) is 0 Å². The Kier molecular flexibility index (Phi) is 4.16. The molecular formula is C17H22N2O2. The van der Waals surface area contributed by atoms with Crippen LogP contribution >= 0.6 is 0 Å². The Hall–Kier alpha value is -2.10. The number of nitrogens with one attached hydrogen (secondary N) is 1. The van der Waals surface area contributed by atoms with Gasteiger partial charge in [0.25, 0.3) is 0 Å². The quantitative estimate of drug-likeness (QED) is 0.896. The summed E-state index contributed by atoms with van der Waals surface area (Å²) >= 11 is 0. The van der Waals surface area contributed by atoms with Gasteiger partial charge in [-0.2, -0.15) is 0 Å². The molecule has 0 bridgehead atoms. The van der Waals surface area contributed by atoms with E-state index in [1.54, 1.807) is 0 Å². The van der Waals surface area contributed by atoms with Gasteiger partial charge in [-0.3, -0.25) is 9.78 Å². The van der Waals surface area contributed by atoms with Crippen molar-refractivity contribution in [2.75, 3.05) is 5.32 Å². The van der Waals surface area contributed by atoms with Crippen molar-refractivity contribution in [1.82, 2.24) is 4.98 Å². The minimum Gasteiger partial charge on any atom is -0.481 e. The van der Waals surface area contributed by atoms with Gasteiger partial charge in [0.05, 0.1) is 11.9 Å². The normalized spacial score (nSPS) is 13.1. The van der Waals surface area contributed by atoms with Crippen LogP contribution in [0.25, 0.3) is 10.9 Å². The van der Waals surface area contributed by atoms with Gasteiger partial charge in [0.1, 0.15) is 0 Å². The van der Waals surface area contributed by atoms with Gasteiger partial charge in [-0.1, -0.05) is 39.0 Å². The number of hydrogen-bond donors (Lipinski definition) is 2. The Labute approximate surface area is 125 Å². The molecular weight excluding hydrogens is 264 g/mol. The molecule has 0 aliphatic carbocycles. The van der Waals surface area contributed by atoms with E-state index in [4.69, 9.17) is 5.11 Å². The molecule has 0 fully saturated rings. The fourth-order valence-corrected chi connectivity index (χ4v) is 2.36. The number of hydrogen-bond acceptors (Lipinski definition) is 3. The molecule has 1 atom stereocenters. The van der Waals surface area contributed by atoms with Gasteiger partial charge in [0.2, 0.25) is 0 Å². The summed E-state index contributed by atoms with van der Waals surface area (Å²) in [7, 11) is 0. The number of carboxylic acids is 1. The van der Waals surface area contributed by atoms with E-state index in [0.29, 0.717) is 0 Å². The summed E-state index contributed by atoms with van der Waals surface area (Å²) in [6.07, 6.45) is 0.0825. The van der Waals surface area contributed by atoms with Crippen LogP contribution in [-0.4, -0.2) is 22.1 Å². The van der Waals surface area contributed by atoms with Crippen molar-refractivity contribution in [2.24, 2.45) is 5.41 Å². The van der Waals surface area contributed by atoms with Crippen LogP contribution in [0.2, 0.25) is 0 Å². The van der Waals surface area contributed by atoms with E-state index in [9.17, 15) is 4.79 Å². The highest BCUT2D eigenvalue weighted by molar-refractivity contribution is 5.91. The zero-order valence-corrected chi connectivity index (χ0v) is 13.0. The van der Waals surface area contributed by atoms with Crippen molar-refractivity contribution < 1.29 is 9.90 Å². The Morgan fingerprint density at radius 1 is 1.33 bits per heavy atom. The molecule has 0 saturated heterocycles. The van der Waals surface area contributed by atoms with Gasteiger partial charge in [0.15, 0.2) is 0 Å². The number of para-hydroxylation sites is 1. The predicted octanol–water partition coefficient (Wildman–Crippen LogP) is 3.84. The molecule has 1 heterocycles.